The summed E-state index contributed by atoms with van der Waals surface area (Å²) in [4.78, 5) is 6.95. The number of hydrogen-bond donors (Lipinski definition) is 0. The third-order valence-electron chi connectivity index (χ3n) is 4.40. The molecule has 0 aromatic carbocycles. The van der Waals surface area contributed by atoms with E-state index in [-0.39, 0.29) is 0 Å². The van der Waals surface area contributed by atoms with E-state index in [1.165, 1.54) is 17.8 Å². The summed E-state index contributed by atoms with van der Waals surface area (Å²) < 4.78 is 23.6. The molecule has 2 atom stereocenters. The number of likely N-dealkylation sites (tertiary alicyclic amines) is 1. The monoisotopic (exact) mass is 314 g/mol. The molecular formula is C14H22N2O2S2. The van der Waals surface area contributed by atoms with Crippen LogP contribution in [0.15, 0.2) is 11.6 Å². The minimum Gasteiger partial charge on any atom is -0.294 e. The molecule has 1 aromatic heterocycles. The Bertz CT molecular complexity index is 527. The Morgan fingerprint density at radius 2 is 2.20 bits per heavy atom. The second-order valence-corrected chi connectivity index (χ2v) is 9.15. The first kappa shape index (κ1) is 14.5. The molecule has 0 spiro atoms. The lowest BCUT2D eigenvalue weighted by atomic mass is 9.98. The maximum Gasteiger partial charge on any atom is 0.150 e. The summed E-state index contributed by atoms with van der Waals surface area (Å²) in [5.74, 6) is 1.09. The van der Waals surface area contributed by atoms with Gasteiger partial charge in [0.15, 0.2) is 9.84 Å². The van der Waals surface area contributed by atoms with Gasteiger partial charge >= 0.3 is 0 Å². The zero-order valence-corrected chi connectivity index (χ0v) is 13.3. The van der Waals surface area contributed by atoms with Gasteiger partial charge in [-0.2, -0.15) is 0 Å². The lowest BCUT2D eigenvalue weighted by Gasteiger charge is -2.37. The highest BCUT2D eigenvalue weighted by molar-refractivity contribution is 7.91. The molecule has 2 aliphatic heterocycles. The zero-order valence-electron chi connectivity index (χ0n) is 11.7. The van der Waals surface area contributed by atoms with Gasteiger partial charge in [0, 0.05) is 18.1 Å². The third kappa shape index (κ3) is 3.40. The first-order chi connectivity index (χ1) is 9.64. The van der Waals surface area contributed by atoms with Crippen LogP contribution in [0.1, 0.15) is 43.2 Å². The summed E-state index contributed by atoms with van der Waals surface area (Å²) in [6.07, 6.45) is 7.40. The fourth-order valence-electron chi connectivity index (χ4n) is 3.48. The van der Waals surface area contributed by atoms with Crippen molar-refractivity contribution in [3.63, 3.8) is 0 Å². The molecule has 2 aliphatic rings. The molecule has 0 N–H and O–H groups in total. The van der Waals surface area contributed by atoms with Crippen molar-refractivity contribution in [2.24, 2.45) is 5.92 Å². The number of hydrogen-bond acceptors (Lipinski definition) is 5. The zero-order chi connectivity index (χ0) is 14.0. The van der Waals surface area contributed by atoms with Gasteiger partial charge in [-0.05, 0) is 38.1 Å². The average molecular weight is 314 g/mol. The first-order valence-electron chi connectivity index (χ1n) is 7.48. The molecule has 0 saturated carbocycles. The predicted octanol–water partition coefficient (Wildman–Crippen LogP) is 2.49. The standard InChI is InChI=1S/C14H22N2O2S2/c17-20(18)9-3-4-12(11-20)10-16-7-2-1-5-13(16)14-15-6-8-19-14/h6,8,12-13H,1-5,7,9-11H2. The van der Waals surface area contributed by atoms with Crippen LogP contribution in [0.3, 0.4) is 0 Å². The van der Waals surface area contributed by atoms with Crippen molar-refractivity contribution in [3.8, 4) is 0 Å². The quantitative estimate of drug-likeness (QED) is 0.860. The van der Waals surface area contributed by atoms with Crippen LogP contribution in [0, 0.1) is 5.92 Å². The van der Waals surface area contributed by atoms with Gasteiger partial charge in [-0.15, -0.1) is 11.3 Å². The maximum absolute atomic E-state index is 11.8. The van der Waals surface area contributed by atoms with Crippen molar-refractivity contribution in [2.45, 2.75) is 38.1 Å². The van der Waals surface area contributed by atoms with Gasteiger partial charge in [0.1, 0.15) is 5.01 Å². The molecule has 6 heteroatoms. The lowest BCUT2D eigenvalue weighted by molar-refractivity contribution is 0.126. The van der Waals surface area contributed by atoms with E-state index in [9.17, 15) is 8.42 Å². The van der Waals surface area contributed by atoms with E-state index < -0.39 is 9.84 Å². The van der Waals surface area contributed by atoms with Gasteiger partial charge in [0.25, 0.3) is 0 Å². The molecule has 20 heavy (non-hydrogen) atoms. The van der Waals surface area contributed by atoms with Crippen LogP contribution < -0.4 is 0 Å². The highest BCUT2D eigenvalue weighted by Crippen LogP contribution is 2.33. The molecule has 2 fully saturated rings. The van der Waals surface area contributed by atoms with E-state index in [1.807, 2.05) is 11.6 Å². The maximum atomic E-state index is 11.8. The Morgan fingerprint density at radius 1 is 1.30 bits per heavy atom. The molecule has 3 rings (SSSR count). The van der Waals surface area contributed by atoms with Crippen molar-refractivity contribution >= 4 is 21.2 Å². The van der Waals surface area contributed by atoms with Crippen LogP contribution in [0.4, 0.5) is 0 Å². The smallest absolute Gasteiger partial charge is 0.150 e. The van der Waals surface area contributed by atoms with Crippen molar-refractivity contribution < 1.29 is 8.42 Å². The number of aromatic nitrogens is 1. The van der Waals surface area contributed by atoms with Gasteiger partial charge in [-0.3, -0.25) is 4.90 Å². The first-order valence-corrected chi connectivity index (χ1v) is 10.2. The van der Waals surface area contributed by atoms with Gasteiger partial charge in [0.05, 0.1) is 17.5 Å². The fraction of sp³-hybridized carbons (Fsp3) is 0.786. The molecule has 2 unspecified atom stereocenters. The highest BCUT2D eigenvalue weighted by Gasteiger charge is 2.31. The highest BCUT2D eigenvalue weighted by atomic mass is 32.2. The van der Waals surface area contributed by atoms with Crippen LogP contribution in [-0.2, 0) is 9.84 Å². The van der Waals surface area contributed by atoms with E-state index in [4.69, 9.17) is 0 Å². The van der Waals surface area contributed by atoms with Crippen LogP contribution in [0.2, 0.25) is 0 Å². The summed E-state index contributed by atoms with van der Waals surface area (Å²) in [7, 11) is -2.79. The Kier molecular flexibility index (Phi) is 4.43. The van der Waals surface area contributed by atoms with E-state index in [1.54, 1.807) is 11.3 Å². The van der Waals surface area contributed by atoms with Crippen LogP contribution >= 0.6 is 11.3 Å². The topological polar surface area (TPSA) is 50.3 Å². The van der Waals surface area contributed by atoms with Gasteiger partial charge in [0.2, 0.25) is 0 Å². The van der Waals surface area contributed by atoms with Crippen LogP contribution in [0.5, 0.6) is 0 Å². The molecule has 0 radical (unpaired) electrons. The number of nitrogens with zero attached hydrogens (tertiary/aromatic N) is 2. The summed E-state index contributed by atoms with van der Waals surface area (Å²) in [5.41, 5.74) is 0. The van der Waals surface area contributed by atoms with E-state index in [0.29, 0.717) is 23.5 Å². The molecule has 0 aliphatic carbocycles. The molecule has 3 heterocycles. The van der Waals surface area contributed by atoms with E-state index >= 15 is 0 Å². The van der Waals surface area contributed by atoms with E-state index in [0.717, 1.165) is 32.4 Å². The van der Waals surface area contributed by atoms with Gasteiger partial charge < -0.3 is 0 Å². The molecule has 0 bridgehead atoms. The predicted molar refractivity (Wildman–Crippen MR) is 81.7 cm³/mol. The van der Waals surface area contributed by atoms with Crippen molar-refractivity contribution in [2.75, 3.05) is 24.6 Å². The third-order valence-corrected chi connectivity index (χ3v) is 7.17. The molecule has 4 nitrogen and oxygen atoms in total. The Morgan fingerprint density at radius 3 is 2.95 bits per heavy atom. The lowest BCUT2D eigenvalue weighted by Crippen LogP contribution is -2.40. The molecule has 1 aromatic rings. The Balaban J connectivity index is 1.68. The Hall–Kier alpha value is -0.460. The van der Waals surface area contributed by atoms with Gasteiger partial charge in [-0.1, -0.05) is 6.42 Å². The number of thiazole rings is 1. The van der Waals surface area contributed by atoms with Crippen LogP contribution in [0.25, 0.3) is 0 Å². The summed E-state index contributed by atoms with van der Waals surface area (Å²) in [6, 6.07) is 0.411. The minimum absolute atomic E-state index is 0.314. The normalized spacial score (nSPS) is 31.2. The fourth-order valence-corrected chi connectivity index (χ4v) is 6.05. The average Bonchev–Trinajstić information content (AvgIpc) is 2.92. The van der Waals surface area contributed by atoms with Crippen molar-refractivity contribution in [1.82, 2.24) is 9.88 Å². The molecular weight excluding hydrogens is 292 g/mol. The number of sulfone groups is 1. The number of piperidine rings is 1. The van der Waals surface area contributed by atoms with Crippen LogP contribution in [-0.4, -0.2) is 42.9 Å². The molecule has 112 valence electrons. The molecule has 2 saturated heterocycles. The largest absolute Gasteiger partial charge is 0.294 e. The van der Waals surface area contributed by atoms with Crippen molar-refractivity contribution in [3.05, 3.63) is 16.6 Å². The minimum atomic E-state index is -2.79. The summed E-state index contributed by atoms with van der Waals surface area (Å²) in [6.45, 7) is 2.00. The summed E-state index contributed by atoms with van der Waals surface area (Å²) in [5, 5.41) is 3.23. The SMILES string of the molecule is O=S1(=O)CCCC(CN2CCCCC2c2nccs2)C1. The second kappa shape index (κ2) is 6.12. The molecule has 0 amide bonds. The second-order valence-electron chi connectivity index (χ2n) is 6.00. The van der Waals surface area contributed by atoms with Gasteiger partial charge in [-0.25, -0.2) is 13.4 Å². The Labute approximate surface area is 125 Å². The van der Waals surface area contributed by atoms with Crippen molar-refractivity contribution in [1.29, 1.82) is 0 Å². The van der Waals surface area contributed by atoms with E-state index in [2.05, 4.69) is 9.88 Å². The number of rotatable bonds is 3. The summed E-state index contributed by atoms with van der Waals surface area (Å²) >= 11 is 1.72.